The van der Waals surface area contributed by atoms with Gasteiger partial charge in [-0.2, -0.15) is 0 Å². The summed E-state index contributed by atoms with van der Waals surface area (Å²) in [4.78, 5) is 27.3. The highest BCUT2D eigenvalue weighted by molar-refractivity contribution is 5.98. The number of hydrogen-bond donors (Lipinski definition) is 1. The van der Waals surface area contributed by atoms with Crippen LogP contribution in [-0.2, 0) is 0 Å². The molecular formula is C27H23N3O3. The van der Waals surface area contributed by atoms with Gasteiger partial charge in [0.25, 0.3) is 5.91 Å². The molecule has 0 saturated carbocycles. The van der Waals surface area contributed by atoms with Gasteiger partial charge in [0.1, 0.15) is 6.67 Å². The molecule has 33 heavy (non-hydrogen) atoms. The second kappa shape index (κ2) is 7.52. The molecule has 1 aromatic heterocycles. The number of rotatable bonds is 0. The Kier molecular flexibility index (Phi) is 4.47. The fourth-order valence-corrected chi connectivity index (χ4v) is 5.05. The Labute approximate surface area is 191 Å². The van der Waals surface area contributed by atoms with Gasteiger partial charge < -0.3 is 10.0 Å². The summed E-state index contributed by atoms with van der Waals surface area (Å²) in [5, 5.41) is 12.7. The molecule has 2 bridgehead atoms. The Morgan fingerprint density at radius 1 is 0.970 bits per heavy atom. The van der Waals surface area contributed by atoms with Crippen molar-refractivity contribution in [1.82, 2.24) is 9.58 Å². The highest BCUT2D eigenvalue weighted by Gasteiger charge is 2.36. The number of aromatic hydroxyl groups is 1. The number of nitrogens with zero attached hydrogens (tertiary/aromatic N) is 3. The first-order valence-corrected chi connectivity index (χ1v) is 11.2. The number of amides is 1. The Hall–Kier alpha value is -4.06. The zero-order chi connectivity index (χ0) is 22.5. The SMILES string of the molecule is O=C1c2c(O)c(=O)ccn2N2CN1CCCC=Cc1cccc3c1C2=C1C=CC=CC1C=C3. The molecule has 1 unspecified atom stereocenters. The van der Waals surface area contributed by atoms with Gasteiger partial charge in [-0.1, -0.05) is 66.8 Å². The van der Waals surface area contributed by atoms with E-state index in [0.717, 1.165) is 40.8 Å². The topological polar surface area (TPSA) is 65.8 Å². The average Bonchev–Trinajstić information content (AvgIpc) is 3.01. The number of aromatic nitrogens is 1. The summed E-state index contributed by atoms with van der Waals surface area (Å²) in [6.07, 6.45) is 20.2. The molecular weight excluding hydrogens is 414 g/mol. The maximum absolute atomic E-state index is 13.3. The van der Waals surface area contributed by atoms with E-state index < -0.39 is 11.2 Å². The number of allylic oxidation sites excluding steroid dienone is 7. The quantitative estimate of drug-likeness (QED) is 0.679. The molecule has 2 aliphatic heterocycles. The van der Waals surface area contributed by atoms with Gasteiger partial charge in [-0.05, 0) is 29.5 Å². The second-order valence-corrected chi connectivity index (χ2v) is 8.62. The lowest BCUT2D eigenvalue weighted by Crippen LogP contribution is -2.53. The van der Waals surface area contributed by atoms with Crippen LogP contribution in [0.15, 0.2) is 77.3 Å². The van der Waals surface area contributed by atoms with Crippen LogP contribution in [0.4, 0.5) is 0 Å². The zero-order valence-corrected chi connectivity index (χ0v) is 18.0. The molecule has 2 aliphatic carbocycles. The van der Waals surface area contributed by atoms with Gasteiger partial charge in [0, 0.05) is 30.3 Å². The minimum atomic E-state index is -0.554. The Bertz CT molecular complexity index is 1390. The number of carbonyl (C=O) groups excluding carboxylic acids is 1. The van der Waals surface area contributed by atoms with E-state index in [4.69, 9.17) is 0 Å². The maximum Gasteiger partial charge on any atom is 0.277 e. The minimum Gasteiger partial charge on any atom is -0.502 e. The Morgan fingerprint density at radius 2 is 1.82 bits per heavy atom. The first-order valence-electron chi connectivity index (χ1n) is 11.2. The summed E-state index contributed by atoms with van der Waals surface area (Å²) < 4.78 is 1.65. The van der Waals surface area contributed by atoms with Crippen molar-refractivity contribution >= 4 is 23.8 Å². The number of carbonyl (C=O) groups is 1. The normalized spacial score (nSPS) is 20.7. The first kappa shape index (κ1) is 19.6. The molecule has 3 heterocycles. The fraction of sp³-hybridized carbons (Fsp3) is 0.185. The highest BCUT2D eigenvalue weighted by Crippen LogP contribution is 2.40. The third-order valence-electron chi connectivity index (χ3n) is 6.65. The lowest BCUT2D eigenvalue weighted by atomic mass is 9.90. The highest BCUT2D eigenvalue weighted by atomic mass is 16.3. The van der Waals surface area contributed by atoms with Gasteiger partial charge in [-0.15, -0.1) is 0 Å². The van der Waals surface area contributed by atoms with E-state index in [1.54, 1.807) is 15.8 Å². The number of hydrogen-bond acceptors (Lipinski definition) is 4. The molecule has 0 spiro atoms. The molecule has 0 fully saturated rings. The molecule has 4 aliphatic rings. The van der Waals surface area contributed by atoms with Crippen LogP contribution in [0.3, 0.4) is 0 Å². The smallest absolute Gasteiger partial charge is 0.277 e. The van der Waals surface area contributed by atoms with Crippen LogP contribution in [0, 0.1) is 5.92 Å². The standard InChI is InChI=1S/C27H23N3O3/c31-22-14-16-29-25(26(22)32)27(33)28-15-5-1-2-8-19-9-6-10-20-13-12-18-7-3-4-11-21(18)24(23(19)20)30(29)17-28/h2-4,6-14,16,18,32H,1,5,15,17H2. The molecule has 6 rings (SSSR count). The summed E-state index contributed by atoms with van der Waals surface area (Å²) in [6.45, 7) is 0.858. The minimum absolute atomic E-state index is 0.0113. The molecule has 1 aromatic carbocycles. The molecule has 6 heteroatoms. The average molecular weight is 437 g/mol. The van der Waals surface area contributed by atoms with Gasteiger partial charge in [0.15, 0.2) is 11.4 Å². The van der Waals surface area contributed by atoms with Gasteiger partial charge >= 0.3 is 0 Å². The van der Waals surface area contributed by atoms with E-state index in [1.807, 2.05) is 17.2 Å². The van der Waals surface area contributed by atoms with Gasteiger partial charge in [0.05, 0.1) is 5.70 Å². The van der Waals surface area contributed by atoms with E-state index in [1.165, 1.54) is 6.07 Å². The van der Waals surface area contributed by atoms with Crippen LogP contribution >= 0.6 is 0 Å². The summed E-state index contributed by atoms with van der Waals surface area (Å²) in [6, 6.07) is 7.59. The van der Waals surface area contributed by atoms with E-state index in [9.17, 15) is 14.7 Å². The van der Waals surface area contributed by atoms with Crippen LogP contribution in [0.5, 0.6) is 5.75 Å². The number of fused-ring (bicyclic) bond motifs is 6. The predicted molar refractivity (Wildman–Crippen MR) is 129 cm³/mol. The maximum atomic E-state index is 13.3. The predicted octanol–water partition coefficient (Wildman–Crippen LogP) is 3.89. The van der Waals surface area contributed by atoms with Crippen molar-refractivity contribution in [2.24, 2.45) is 5.92 Å². The summed E-state index contributed by atoms with van der Waals surface area (Å²) >= 11 is 0. The molecule has 6 nitrogen and oxygen atoms in total. The molecule has 1 N–H and O–H groups in total. The Balaban J connectivity index is 1.72. The summed E-state index contributed by atoms with van der Waals surface area (Å²) in [5.41, 5.74) is 4.78. The molecule has 0 radical (unpaired) electrons. The molecule has 1 amide bonds. The van der Waals surface area contributed by atoms with Crippen molar-refractivity contribution < 1.29 is 9.90 Å². The molecule has 0 saturated heterocycles. The third kappa shape index (κ3) is 3.02. The number of pyridine rings is 1. The first-order chi connectivity index (χ1) is 16.1. The monoisotopic (exact) mass is 437 g/mol. The van der Waals surface area contributed by atoms with Crippen LogP contribution < -0.4 is 10.4 Å². The summed E-state index contributed by atoms with van der Waals surface area (Å²) in [7, 11) is 0. The van der Waals surface area contributed by atoms with Crippen molar-refractivity contribution in [3.63, 3.8) is 0 Å². The van der Waals surface area contributed by atoms with Crippen LogP contribution in [0.25, 0.3) is 17.8 Å². The van der Waals surface area contributed by atoms with Crippen LogP contribution in [0.1, 0.15) is 40.0 Å². The van der Waals surface area contributed by atoms with Crippen LogP contribution in [0.2, 0.25) is 0 Å². The zero-order valence-electron chi connectivity index (χ0n) is 18.0. The van der Waals surface area contributed by atoms with Crippen molar-refractivity contribution in [3.8, 4) is 5.75 Å². The molecule has 164 valence electrons. The van der Waals surface area contributed by atoms with Crippen molar-refractivity contribution in [1.29, 1.82) is 0 Å². The van der Waals surface area contributed by atoms with Crippen molar-refractivity contribution in [2.75, 3.05) is 18.2 Å². The second-order valence-electron chi connectivity index (χ2n) is 8.62. The summed E-state index contributed by atoms with van der Waals surface area (Å²) in [5.74, 6) is -0.764. The van der Waals surface area contributed by atoms with E-state index in [-0.39, 0.29) is 17.5 Å². The van der Waals surface area contributed by atoms with Crippen LogP contribution in [-0.4, -0.2) is 33.8 Å². The van der Waals surface area contributed by atoms with Gasteiger partial charge in [-0.3, -0.25) is 14.6 Å². The van der Waals surface area contributed by atoms with Crippen molar-refractivity contribution in [2.45, 2.75) is 12.8 Å². The fourth-order valence-electron chi connectivity index (χ4n) is 5.05. The van der Waals surface area contributed by atoms with Crippen molar-refractivity contribution in [3.05, 3.63) is 105 Å². The van der Waals surface area contributed by atoms with E-state index in [2.05, 4.69) is 54.7 Å². The van der Waals surface area contributed by atoms with E-state index >= 15 is 0 Å². The Morgan fingerprint density at radius 3 is 2.70 bits per heavy atom. The number of benzene rings is 1. The van der Waals surface area contributed by atoms with Gasteiger partial charge in [-0.25, -0.2) is 4.68 Å². The van der Waals surface area contributed by atoms with Gasteiger partial charge in [0.2, 0.25) is 5.43 Å². The third-order valence-corrected chi connectivity index (χ3v) is 6.65. The molecule has 2 aromatic rings. The lowest BCUT2D eigenvalue weighted by Gasteiger charge is -2.42. The lowest BCUT2D eigenvalue weighted by molar-refractivity contribution is 0.0699. The molecule has 1 atom stereocenters. The largest absolute Gasteiger partial charge is 0.502 e. The van der Waals surface area contributed by atoms with E-state index in [0.29, 0.717) is 13.2 Å².